The average Bonchev–Trinajstić information content (AvgIpc) is 2.81. The van der Waals surface area contributed by atoms with Crippen molar-refractivity contribution in [3.05, 3.63) is 82.2 Å². The van der Waals surface area contributed by atoms with Gasteiger partial charge in [0, 0.05) is 10.9 Å². The first kappa shape index (κ1) is 24.6. The smallest absolute Gasteiger partial charge is 0.344 e. The first-order valence-corrected chi connectivity index (χ1v) is 12.8. The van der Waals surface area contributed by atoms with Crippen molar-refractivity contribution in [2.75, 3.05) is 0 Å². The third kappa shape index (κ3) is 5.13. The largest absolute Gasteiger partial charge is 0.425 e. The fraction of sp³-hybridized carbons (Fsp3) is 0.259. The molecular weight excluding hydrogens is 466 g/mol. The summed E-state index contributed by atoms with van der Waals surface area (Å²) >= 11 is 0. The number of carbonyl (C=O) groups is 1. The maximum atomic E-state index is 13.1. The molecule has 7 nitrogen and oxygen atoms in total. The maximum Gasteiger partial charge on any atom is 0.344 e. The molecule has 0 aliphatic rings. The lowest BCUT2D eigenvalue weighted by atomic mass is 10.0. The van der Waals surface area contributed by atoms with E-state index in [1.54, 1.807) is 43.3 Å². The highest BCUT2D eigenvalue weighted by atomic mass is 32.2. The fourth-order valence-electron chi connectivity index (χ4n) is 3.99. The quantitative estimate of drug-likeness (QED) is 0.171. The van der Waals surface area contributed by atoms with Gasteiger partial charge in [-0.3, -0.25) is 0 Å². The van der Waals surface area contributed by atoms with Gasteiger partial charge in [-0.15, -0.1) is 0 Å². The van der Waals surface area contributed by atoms with Gasteiger partial charge in [0.1, 0.15) is 17.4 Å². The number of esters is 1. The zero-order valence-electron chi connectivity index (χ0n) is 20.0. The average molecular weight is 494 g/mol. The number of benzene rings is 3. The zero-order valence-corrected chi connectivity index (χ0v) is 20.8. The number of hydrogen-bond donors (Lipinski definition) is 1. The molecule has 0 radical (unpaired) electrons. The predicted molar refractivity (Wildman–Crippen MR) is 135 cm³/mol. The third-order valence-corrected chi connectivity index (χ3v) is 7.31. The standard InChI is InChI=1S/C27H27NO6S/c1-16(2)15-23(28-35(31,32)19-11-9-17(3)10-12-19)27(30)33-24-14-13-21-20-7-5-6-8-22(20)26(29)34-25(21)18(24)4/h5-14,16,23,28H,15H2,1-4H3/t23-/m0/s1. The van der Waals surface area contributed by atoms with Crippen molar-refractivity contribution in [3.63, 3.8) is 0 Å². The van der Waals surface area contributed by atoms with Crippen LogP contribution < -0.4 is 15.1 Å². The minimum absolute atomic E-state index is 0.0235. The molecule has 0 saturated carbocycles. The molecule has 4 aromatic rings. The number of nitrogens with one attached hydrogen (secondary N) is 1. The molecule has 182 valence electrons. The number of fused-ring (bicyclic) bond motifs is 3. The molecule has 3 aromatic carbocycles. The van der Waals surface area contributed by atoms with E-state index in [9.17, 15) is 18.0 Å². The van der Waals surface area contributed by atoms with Crippen LogP contribution in [0, 0.1) is 19.8 Å². The van der Waals surface area contributed by atoms with E-state index < -0.39 is 27.7 Å². The summed E-state index contributed by atoms with van der Waals surface area (Å²) in [7, 11) is -3.94. The molecule has 1 aromatic heterocycles. The Morgan fingerprint density at radius 3 is 2.26 bits per heavy atom. The summed E-state index contributed by atoms with van der Waals surface area (Å²) in [5.74, 6) is -0.514. The van der Waals surface area contributed by atoms with E-state index in [0.717, 1.165) is 16.3 Å². The van der Waals surface area contributed by atoms with E-state index >= 15 is 0 Å². The molecule has 8 heteroatoms. The molecule has 1 heterocycles. The van der Waals surface area contributed by atoms with Gasteiger partial charge in [-0.1, -0.05) is 49.7 Å². The van der Waals surface area contributed by atoms with Gasteiger partial charge in [-0.2, -0.15) is 4.72 Å². The highest BCUT2D eigenvalue weighted by Crippen LogP contribution is 2.31. The van der Waals surface area contributed by atoms with Crippen LogP contribution in [-0.2, 0) is 14.8 Å². The van der Waals surface area contributed by atoms with Crippen LogP contribution in [0.1, 0.15) is 31.4 Å². The van der Waals surface area contributed by atoms with Crippen molar-refractivity contribution in [3.8, 4) is 5.75 Å². The second-order valence-electron chi connectivity index (χ2n) is 9.04. The van der Waals surface area contributed by atoms with Crippen LogP contribution in [0.3, 0.4) is 0 Å². The first-order valence-electron chi connectivity index (χ1n) is 11.3. The Morgan fingerprint density at radius 1 is 0.943 bits per heavy atom. The first-order chi connectivity index (χ1) is 16.6. The lowest BCUT2D eigenvalue weighted by Gasteiger charge is -2.20. The molecule has 1 N–H and O–H groups in total. The molecule has 0 bridgehead atoms. The highest BCUT2D eigenvalue weighted by Gasteiger charge is 2.29. The summed E-state index contributed by atoms with van der Waals surface area (Å²) in [6.45, 7) is 7.33. The van der Waals surface area contributed by atoms with Gasteiger partial charge in [-0.05, 0) is 61.9 Å². The number of ether oxygens (including phenoxy) is 1. The number of rotatable bonds is 7. The molecule has 0 fully saturated rings. The monoisotopic (exact) mass is 493 g/mol. The van der Waals surface area contributed by atoms with Gasteiger partial charge < -0.3 is 9.15 Å². The summed E-state index contributed by atoms with van der Waals surface area (Å²) in [4.78, 5) is 25.7. The van der Waals surface area contributed by atoms with Crippen molar-refractivity contribution in [1.82, 2.24) is 4.72 Å². The van der Waals surface area contributed by atoms with Gasteiger partial charge in [0.05, 0.1) is 10.3 Å². The summed E-state index contributed by atoms with van der Waals surface area (Å²) in [6.07, 6.45) is 0.246. The Balaban J connectivity index is 1.66. The van der Waals surface area contributed by atoms with Gasteiger partial charge in [0.15, 0.2) is 0 Å². The normalized spacial score (nSPS) is 12.8. The van der Waals surface area contributed by atoms with E-state index in [1.165, 1.54) is 12.1 Å². The Labute approximate surface area is 203 Å². The number of sulfonamides is 1. The van der Waals surface area contributed by atoms with Crippen LogP contribution in [-0.4, -0.2) is 20.4 Å². The molecule has 0 saturated heterocycles. The van der Waals surface area contributed by atoms with Crippen LogP contribution >= 0.6 is 0 Å². The second kappa shape index (κ2) is 9.64. The van der Waals surface area contributed by atoms with Gasteiger partial charge in [0.25, 0.3) is 0 Å². The number of carbonyl (C=O) groups excluding carboxylic acids is 1. The van der Waals surface area contributed by atoms with Gasteiger partial charge in [0.2, 0.25) is 10.0 Å². The molecule has 0 unspecified atom stereocenters. The lowest BCUT2D eigenvalue weighted by molar-refractivity contribution is -0.136. The minimum atomic E-state index is -3.94. The molecule has 4 rings (SSSR count). The van der Waals surface area contributed by atoms with E-state index in [2.05, 4.69) is 4.72 Å². The van der Waals surface area contributed by atoms with E-state index in [-0.39, 0.29) is 23.0 Å². The second-order valence-corrected chi connectivity index (χ2v) is 10.8. The summed E-state index contributed by atoms with van der Waals surface area (Å²) in [5.41, 5.74) is 1.24. The molecule has 1 atom stereocenters. The zero-order chi connectivity index (χ0) is 25.3. The SMILES string of the molecule is Cc1ccc(S(=O)(=O)N[C@@H](CC(C)C)C(=O)Oc2ccc3c(oc(=O)c4ccccc43)c2C)cc1. The molecule has 0 spiro atoms. The van der Waals surface area contributed by atoms with Crippen LogP contribution in [0.25, 0.3) is 21.7 Å². The molecule has 0 amide bonds. The Hall–Kier alpha value is -3.49. The predicted octanol–water partition coefficient (Wildman–Crippen LogP) is 4.86. The van der Waals surface area contributed by atoms with Crippen molar-refractivity contribution >= 4 is 37.7 Å². The topological polar surface area (TPSA) is 103 Å². The van der Waals surface area contributed by atoms with Crippen molar-refractivity contribution in [1.29, 1.82) is 0 Å². The maximum absolute atomic E-state index is 13.1. The van der Waals surface area contributed by atoms with Crippen molar-refractivity contribution in [2.45, 2.75) is 45.1 Å². The highest BCUT2D eigenvalue weighted by molar-refractivity contribution is 7.89. The summed E-state index contributed by atoms with van der Waals surface area (Å²) in [6, 6.07) is 15.8. The third-order valence-electron chi connectivity index (χ3n) is 5.82. The number of aryl methyl sites for hydroxylation is 2. The minimum Gasteiger partial charge on any atom is -0.425 e. The summed E-state index contributed by atoms with van der Waals surface area (Å²) < 4.78 is 39.5. The van der Waals surface area contributed by atoms with Crippen LogP contribution in [0.4, 0.5) is 0 Å². The van der Waals surface area contributed by atoms with Gasteiger partial charge in [-0.25, -0.2) is 18.0 Å². The fourth-order valence-corrected chi connectivity index (χ4v) is 5.19. The van der Waals surface area contributed by atoms with Crippen LogP contribution in [0.15, 0.2) is 74.8 Å². The Bertz CT molecular complexity index is 1570. The van der Waals surface area contributed by atoms with Crippen molar-refractivity contribution < 1.29 is 22.4 Å². The van der Waals surface area contributed by atoms with E-state index in [0.29, 0.717) is 16.5 Å². The van der Waals surface area contributed by atoms with Gasteiger partial charge >= 0.3 is 11.6 Å². The van der Waals surface area contributed by atoms with Crippen LogP contribution in [0.2, 0.25) is 0 Å². The number of hydrogen-bond acceptors (Lipinski definition) is 6. The Morgan fingerprint density at radius 2 is 1.60 bits per heavy atom. The lowest BCUT2D eigenvalue weighted by Crippen LogP contribution is -2.43. The van der Waals surface area contributed by atoms with Crippen LogP contribution in [0.5, 0.6) is 5.75 Å². The van der Waals surface area contributed by atoms with E-state index in [1.807, 2.05) is 32.9 Å². The molecular formula is C27H27NO6S. The molecule has 0 aliphatic heterocycles. The molecule has 35 heavy (non-hydrogen) atoms. The Kier molecular flexibility index (Phi) is 6.78. The van der Waals surface area contributed by atoms with Crippen molar-refractivity contribution in [2.24, 2.45) is 5.92 Å². The molecule has 0 aliphatic carbocycles. The summed E-state index contributed by atoms with van der Waals surface area (Å²) in [5, 5.41) is 1.92. The van der Waals surface area contributed by atoms with E-state index in [4.69, 9.17) is 9.15 Å².